The molecule has 1 aliphatic rings. The van der Waals surface area contributed by atoms with Gasteiger partial charge in [-0.25, -0.2) is 0 Å². The molecule has 9 heteroatoms. The molecule has 4 rings (SSSR count). The van der Waals surface area contributed by atoms with Gasteiger partial charge in [0.15, 0.2) is 11.5 Å². The lowest BCUT2D eigenvalue weighted by molar-refractivity contribution is -0.139. The van der Waals surface area contributed by atoms with Gasteiger partial charge in [0.05, 0.1) is 20.3 Å². The summed E-state index contributed by atoms with van der Waals surface area (Å²) in [6.07, 6.45) is 0.568. The number of carbonyl (C=O) groups is 2. The molecule has 2 N–H and O–H groups in total. The van der Waals surface area contributed by atoms with Crippen LogP contribution in [-0.4, -0.2) is 69.7 Å². The maximum absolute atomic E-state index is 12.8. The van der Waals surface area contributed by atoms with Crippen LogP contribution in [0.15, 0.2) is 66.0 Å². The van der Waals surface area contributed by atoms with Gasteiger partial charge >= 0.3 is 11.8 Å². The van der Waals surface area contributed by atoms with Crippen molar-refractivity contribution in [2.24, 2.45) is 0 Å². The molecule has 0 bridgehead atoms. The number of ether oxygens (including phenoxy) is 2. The van der Waals surface area contributed by atoms with Crippen molar-refractivity contribution < 1.29 is 19.1 Å². The Hall–Kier alpha value is -3.56. The van der Waals surface area contributed by atoms with E-state index in [1.54, 1.807) is 25.6 Å². The van der Waals surface area contributed by atoms with E-state index in [0.717, 1.165) is 31.7 Å². The van der Waals surface area contributed by atoms with Crippen LogP contribution in [0.2, 0.25) is 0 Å². The van der Waals surface area contributed by atoms with Crippen LogP contribution >= 0.6 is 11.3 Å². The number of para-hydroxylation sites is 1. The Morgan fingerprint density at radius 3 is 2.32 bits per heavy atom. The Labute approximate surface area is 228 Å². The average molecular weight is 537 g/mol. The lowest BCUT2D eigenvalue weighted by atomic mass is 10.0. The summed E-state index contributed by atoms with van der Waals surface area (Å²) < 4.78 is 10.6. The third-order valence-corrected chi connectivity index (χ3v) is 7.79. The molecule has 0 aliphatic carbocycles. The van der Waals surface area contributed by atoms with E-state index in [2.05, 4.69) is 56.1 Å². The van der Waals surface area contributed by atoms with Gasteiger partial charge in [0.2, 0.25) is 0 Å². The summed E-state index contributed by atoms with van der Waals surface area (Å²) in [5.41, 5.74) is 2.20. The molecule has 0 radical (unpaired) electrons. The van der Waals surface area contributed by atoms with E-state index in [4.69, 9.17) is 9.47 Å². The van der Waals surface area contributed by atoms with Crippen LogP contribution < -0.4 is 25.0 Å². The number of nitrogens with zero attached hydrogens (tertiary/aromatic N) is 2. The Balaban J connectivity index is 1.31. The van der Waals surface area contributed by atoms with Crippen LogP contribution in [0.5, 0.6) is 11.5 Å². The van der Waals surface area contributed by atoms with Gasteiger partial charge in [-0.1, -0.05) is 30.3 Å². The molecule has 2 amide bonds. The standard InChI is InChI=1S/C29H36N4O4S/c1-21(31-29(35)28(34)30-14-13-22-11-12-24(36-2)25(20-22)37-3)27(26-10-7-19-38-26)33-17-15-32(16-18-33)23-8-5-4-6-9-23/h4-12,19-21,27H,13-18H2,1-3H3,(H,30,34)(H,31,35)/t21-,27+/m0/s1. The molecule has 1 saturated heterocycles. The Morgan fingerprint density at radius 2 is 1.66 bits per heavy atom. The van der Waals surface area contributed by atoms with E-state index in [9.17, 15) is 9.59 Å². The normalized spacial score (nSPS) is 15.4. The molecular formula is C29H36N4O4S. The molecule has 3 aromatic rings. The van der Waals surface area contributed by atoms with Crippen molar-refractivity contribution in [3.63, 3.8) is 0 Å². The van der Waals surface area contributed by atoms with Crippen LogP contribution in [0.4, 0.5) is 5.69 Å². The smallest absolute Gasteiger partial charge is 0.309 e. The van der Waals surface area contributed by atoms with Crippen molar-refractivity contribution in [3.05, 3.63) is 76.5 Å². The van der Waals surface area contributed by atoms with E-state index in [-0.39, 0.29) is 12.1 Å². The zero-order valence-corrected chi connectivity index (χ0v) is 23.0. The summed E-state index contributed by atoms with van der Waals surface area (Å²) >= 11 is 1.68. The Morgan fingerprint density at radius 1 is 0.921 bits per heavy atom. The number of amides is 2. The molecule has 0 spiro atoms. The van der Waals surface area contributed by atoms with E-state index >= 15 is 0 Å². The van der Waals surface area contributed by atoms with Crippen LogP contribution in [0, 0.1) is 0 Å². The highest BCUT2D eigenvalue weighted by Crippen LogP contribution is 2.30. The van der Waals surface area contributed by atoms with Gasteiger partial charge in [0, 0.05) is 49.3 Å². The number of methoxy groups -OCH3 is 2. The van der Waals surface area contributed by atoms with Crippen molar-refractivity contribution in [2.75, 3.05) is 51.8 Å². The number of piperazine rings is 1. The molecule has 8 nitrogen and oxygen atoms in total. The van der Waals surface area contributed by atoms with Crippen LogP contribution in [-0.2, 0) is 16.0 Å². The van der Waals surface area contributed by atoms with E-state index < -0.39 is 11.8 Å². The van der Waals surface area contributed by atoms with Gasteiger partial charge in [-0.3, -0.25) is 14.5 Å². The summed E-state index contributed by atoms with van der Waals surface area (Å²) in [4.78, 5) is 31.4. The maximum atomic E-state index is 12.8. The van der Waals surface area contributed by atoms with Crippen LogP contribution in [0.3, 0.4) is 0 Å². The first kappa shape index (κ1) is 27.5. The lowest BCUT2D eigenvalue weighted by Gasteiger charge is -2.42. The monoisotopic (exact) mass is 536 g/mol. The zero-order chi connectivity index (χ0) is 26.9. The minimum Gasteiger partial charge on any atom is -0.493 e. The average Bonchev–Trinajstić information content (AvgIpc) is 3.48. The second kappa shape index (κ2) is 13.3. The summed E-state index contributed by atoms with van der Waals surface area (Å²) in [6.45, 7) is 5.87. The van der Waals surface area contributed by atoms with Crippen LogP contribution in [0.1, 0.15) is 23.4 Å². The third kappa shape index (κ3) is 6.85. The van der Waals surface area contributed by atoms with E-state index in [1.807, 2.05) is 37.3 Å². The van der Waals surface area contributed by atoms with Gasteiger partial charge < -0.3 is 25.0 Å². The number of rotatable bonds is 10. The molecule has 2 atom stereocenters. The fourth-order valence-corrected chi connectivity index (χ4v) is 5.85. The van der Waals surface area contributed by atoms with Crippen molar-refractivity contribution in [1.29, 1.82) is 0 Å². The maximum Gasteiger partial charge on any atom is 0.309 e. The van der Waals surface area contributed by atoms with Gasteiger partial charge in [0.1, 0.15) is 0 Å². The molecule has 1 aliphatic heterocycles. The highest BCUT2D eigenvalue weighted by atomic mass is 32.1. The van der Waals surface area contributed by atoms with Crippen molar-refractivity contribution in [2.45, 2.75) is 25.4 Å². The molecule has 2 aromatic carbocycles. The number of benzene rings is 2. The Bertz CT molecular complexity index is 1180. The molecule has 0 unspecified atom stereocenters. The van der Waals surface area contributed by atoms with E-state index in [0.29, 0.717) is 24.5 Å². The topological polar surface area (TPSA) is 83.1 Å². The molecule has 1 fully saturated rings. The quantitative estimate of drug-likeness (QED) is 0.386. The predicted molar refractivity (Wildman–Crippen MR) is 151 cm³/mol. The summed E-state index contributed by atoms with van der Waals surface area (Å²) in [5.74, 6) is 0.0352. The highest BCUT2D eigenvalue weighted by Gasteiger charge is 2.31. The first-order chi connectivity index (χ1) is 18.5. The summed E-state index contributed by atoms with van der Waals surface area (Å²) in [7, 11) is 3.17. The summed E-state index contributed by atoms with van der Waals surface area (Å²) in [6, 6.07) is 19.9. The number of hydrogen-bond acceptors (Lipinski definition) is 7. The zero-order valence-electron chi connectivity index (χ0n) is 22.2. The fourth-order valence-electron chi connectivity index (χ4n) is 4.89. The minimum atomic E-state index is -0.629. The number of thiophene rings is 1. The minimum absolute atomic E-state index is 0.00330. The van der Waals surface area contributed by atoms with Crippen LogP contribution in [0.25, 0.3) is 0 Å². The second-order valence-electron chi connectivity index (χ2n) is 9.28. The molecule has 0 saturated carbocycles. The molecule has 202 valence electrons. The lowest BCUT2D eigenvalue weighted by Crippen LogP contribution is -2.53. The molecule has 38 heavy (non-hydrogen) atoms. The first-order valence-corrected chi connectivity index (χ1v) is 13.7. The molecular weight excluding hydrogens is 500 g/mol. The van der Waals surface area contributed by atoms with Crippen molar-refractivity contribution in [1.82, 2.24) is 15.5 Å². The fraction of sp³-hybridized carbons (Fsp3) is 0.379. The van der Waals surface area contributed by atoms with Gasteiger partial charge in [-0.05, 0) is 54.6 Å². The third-order valence-electron chi connectivity index (χ3n) is 6.85. The number of carbonyl (C=O) groups excluding carboxylic acids is 2. The SMILES string of the molecule is COc1ccc(CCNC(=O)C(=O)N[C@@H](C)[C@H](c2cccs2)N2CCN(c3ccccc3)CC2)cc1OC. The Kier molecular flexibility index (Phi) is 9.62. The molecule has 1 aromatic heterocycles. The van der Waals surface area contributed by atoms with Gasteiger partial charge in [-0.15, -0.1) is 11.3 Å². The number of hydrogen-bond donors (Lipinski definition) is 2. The van der Waals surface area contributed by atoms with Gasteiger partial charge in [0.25, 0.3) is 0 Å². The van der Waals surface area contributed by atoms with E-state index in [1.165, 1.54) is 10.6 Å². The summed E-state index contributed by atoms with van der Waals surface area (Å²) in [5, 5.41) is 7.75. The van der Waals surface area contributed by atoms with Gasteiger partial charge in [-0.2, -0.15) is 0 Å². The van der Waals surface area contributed by atoms with Crippen molar-refractivity contribution in [3.8, 4) is 11.5 Å². The second-order valence-corrected chi connectivity index (χ2v) is 10.3. The van der Waals surface area contributed by atoms with Crippen molar-refractivity contribution >= 4 is 28.8 Å². The first-order valence-electron chi connectivity index (χ1n) is 12.9. The highest BCUT2D eigenvalue weighted by molar-refractivity contribution is 7.10. The molecule has 2 heterocycles. The number of anilines is 1. The largest absolute Gasteiger partial charge is 0.493 e. The number of nitrogens with one attached hydrogen (secondary N) is 2. The predicted octanol–water partition coefficient (Wildman–Crippen LogP) is 3.49.